The second-order valence-electron chi connectivity index (χ2n) is 4.27. The first kappa shape index (κ1) is 13.3. The fourth-order valence-electron chi connectivity index (χ4n) is 1.98. The number of hydrogen-bond acceptors (Lipinski definition) is 1. The lowest BCUT2D eigenvalue weighted by Gasteiger charge is -2.13. The van der Waals surface area contributed by atoms with Gasteiger partial charge >= 0.3 is 0 Å². The van der Waals surface area contributed by atoms with Gasteiger partial charge in [0.15, 0.2) is 0 Å². The highest BCUT2D eigenvalue weighted by atomic mass is 79.9. The molecule has 1 unspecified atom stereocenters. The van der Waals surface area contributed by atoms with Gasteiger partial charge in [0.05, 0.1) is 4.83 Å². The van der Waals surface area contributed by atoms with Gasteiger partial charge in [-0.25, -0.2) is 0 Å². The summed E-state index contributed by atoms with van der Waals surface area (Å²) < 4.78 is 1.14. The summed E-state index contributed by atoms with van der Waals surface area (Å²) >= 11 is 9.21. The summed E-state index contributed by atoms with van der Waals surface area (Å²) in [4.78, 5) is 3.08. The number of hydrogen-bond donors (Lipinski definition) is 0. The first-order chi connectivity index (χ1) is 7.99. The Bertz CT molecular complexity index is 543. The molecule has 2 rings (SSSR count). The van der Waals surface area contributed by atoms with E-state index < -0.39 is 0 Å². The standard InChI is InChI=1S/C14H14Br2S/c1-8-7-11(15)4-5-12(8)13(16)14-9(2)6-10(3)17-14/h4-7,13H,1-3H3. The Hall–Kier alpha value is -0.120. The van der Waals surface area contributed by atoms with E-state index in [1.54, 1.807) is 0 Å². The number of thiophene rings is 1. The summed E-state index contributed by atoms with van der Waals surface area (Å²) in [5.41, 5.74) is 4.03. The topological polar surface area (TPSA) is 0 Å². The molecule has 0 N–H and O–H groups in total. The average Bonchev–Trinajstić information content (AvgIpc) is 2.57. The molecule has 0 aliphatic heterocycles. The lowest BCUT2D eigenvalue weighted by atomic mass is 10.0. The molecule has 17 heavy (non-hydrogen) atoms. The van der Waals surface area contributed by atoms with Crippen molar-refractivity contribution >= 4 is 43.2 Å². The van der Waals surface area contributed by atoms with E-state index >= 15 is 0 Å². The molecule has 0 fully saturated rings. The van der Waals surface area contributed by atoms with Gasteiger partial charge in [0.1, 0.15) is 0 Å². The van der Waals surface area contributed by atoms with Crippen LogP contribution in [0.3, 0.4) is 0 Å². The highest BCUT2D eigenvalue weighted by Crippen LogP contribution is 2.39. The van der Waals surface area contributed by atoms with Crippen molar-refractivity contribution in [3.05, 3.63) is 55.2 Å². The lowest BCUT2D eigenvalue weighted by Crippen LogP contribution is -1.95. The maximum atomic E-state index is 3.83. The van der Waals surface area contributed by atoms with Gasteiger partial charge in [0, 0.05) is 14.2 Å². The van der Waals surface area contributed by atoms with Crippen LogP contribution in [0, 0.1) is 20.8 Å². The molecule has 0 saturated heterocycles. The van der Waals surface area contributed by atoms with Crippen molar-refractivity contribution < 1.29 is 0 Å². The second kappa shape index (κ2) is 5.25. The third-order valence-electron chi connectivity index (χ3n) is 2.81. The normalized spacial score (nSPS) is 12.8. The molecule has 3 heteroatoms. The third kappa shape index (κ3) is 2.83. The van der Waals surface area contributed by atoms with E-state index in [-0.39, 0.29) is 0 Å². The Morgan fingerprint density at radius 1 is 1.06 bits per heavy atom. The fourth-order valence-corrected chi connectivity index (χ4v) is 4.64. The van der Waals surface area contributed by atoms with Gasteiger partial charge in [0.2, 0.25) is 0 Å². The Kier molecular flexibility index (Phi) is 4.11. The zero-order valence-electron chi connectivity index (χ0n) is 10.1. The molecule has 1 aromatic carbocycles. The Morgan fingerprint density at radius 3 is 2.29 bits per heavy atom. The van der Waals surface area contributed by atoms with Gasteiger partial charge in [-0.15, -0.1) is 11.3 Å². The van der Waals surface area contributed by atoms with E-state index in [1.807, 2.05) is 11.3 Å². The van der Waals surface area contributed by atoms with Crippen LogP contribution in [-0.2, 0) is 0 Å². The van der Waals surface area contributed by atoms with Crippen LogP contribution in [-0.4, -0.2) is 0 Å². The number of benzene rings is 1. The highest BCUT2D eigenvalue weighted by Gasteiger charge is 2.17. The third-order valence-corrected chi connectivity index (χ3v) is 5.78. The van der Waals surface area contributed by atoms with Gasteiger partial charge in [-0.3, -0.25) is 0 Å². The SMILES string of the molecule is Cc1cc(C)c(C(Br)c2ccc(Br)cc2C)s1. The number of aryl methyl sites for hydroxylation is 3. The smallest absolute Gasteiger partial charge is 0.0743 e. The lowest BCUT2D eigenvalue weighted by molar-refractivity contribution is 1.15. The van der Waals surface area contributed by atoms with E-state index in [0.29, 0.717) is 4.83 Å². The summed E-state index contributed by atoms with van der Waals surface area (Å²) in [5.74, 6) is 0. The molecule has 0 radical (unpaired) electrons. The quantitative estimate of drug-likeness (QED) is 0.573. The van der Waals surface area contributed by atoms with Crippen LogP contribution in [0.4, 0.5) is 0 Å². The zero-order valence-corrected chi connectivity index (χ0v) is 14.0. The minimum absolute atomic E-state index is 0.300. The van der Waals surface area contributed by atoms with Crippen LogP contribution < -0.4 is 0 Å². The molecule has 1 aromatic heterocycles. The summed E-state index contributed by atoms with van der Waals surface area (Å²) in [6.07, 6.45) is 0. The summed E-state index contributed by atoms with van der Waals surface area (Å²) in [6.45, 7) is 6.50. The molecule has 0 nitrogen and oxygen atoms in total. The van der Waals surface area contributed by atoms with E-state index in [0.717, 1.165) is 4.47 Å². The minimum atomic E-state index is 0.300. The molecule has 1 atom stereocenters. The molecule has 0 amide bonds. The van der Waals surface area contributed by atoms with E-state index in [4.69, 9.17) is 0 Å². The van der Waals surface area contributed by atoms with Gasteiger partial charge in [-0.05, 0) is 55.7 Å². The number of alkyl halides is 1. The van der Waals surface area contributed by atoms with Gasteiger partial charge in [0.25, 0.3) is 0 Å². The van der Waals surface area contributed by atoms with E-state index in [9.17, 15) is 0 Å². The van der Waals surface area contributed by atoms with Crippen LogP contribution in [0.1, 0.15) is 31.3 Å². The van der Waals surface area contributed by atoms with Gasteiger partial charge in [-0.1, -0.05) is 37.9 Å². The Balaban J connectivity index is 2.43. The molecule has 1 heterocycles. The first-order valence-electron chi connectivity index (χ1n) is 5.46. The van der Waals surface area contributed by atoms with E-state index in [1.165, 1.54) is 26.4 Å². The van der Waals surface area contributed by atoms with Crippen LogP contribution in [0.2, 0.25) is 0 Å². The predicted molar refractivity (Wildman–Crippen MR) is 83.4 cm³/mol. The Labute approximate surface area is 123 Å². The van der Waals surface area contributed by atoms with Gasteiger partial charge < -0.3 is 0 Å². The second-order valence-corrected chi connectivity index (χ2v) is 7.39. The van der Waals surface area contributed by atoms with Crippen molar-refractivity contribution in [1.82, 2.24) is 0 Å². The Morgan fingerprint density at radius 2 is 1.76 bits per heavy atom. The largest absolute Gasteiger partial charge is 0.144 e. The maximum absolute atomic E-state index is 3.83. The number of rotatable bonds is 2. The molecule has 0 saturated carbocycles. The molecular weight excluding hydrogens is 360 g/mol. The van der Waals surface area contributed by atoms with Gasteiger partial charge in [-0.2, -0.15) is 0 Å². The molecule has 90 valence electrons. The molecular formula is C14H14Br2S. The van der Waals surface area contributed by atoms with Crippen molar-refractivity contribution in [3.63, 3.8) is 0 Å². The van der Waals surface area contributed by atoms with Crippen molar-refractivity contribution in [2.75, 3.05) is 0 Å². The molecule has 2 aromatic rings. The summed E-state index contributed by atoms with van der Waals surface area (Å²) in [6, 6.07) is 8.71. The first-order valence-corrected chi connectivity index (χ1v) is 7.98. The summed E-state index contributed by atoms with van der Waals surface area (Å²) in [7, 11) is 0. The molecule has 0 aliphatic rings. The van der Waals surface area contributed by atoms with Crippen molar-refractivity contribution in [3.8, 4) is 0 Å². The highest BCUT2D eigenvalue weighted by molar-refractivity contribution is 9.10. The predicted octanol–water partition coefficient (Wildman–Crippen LogP) is 5.92. The van der Waals surface area contributed by atoms with Crippen LogP contribution in [0.25, 0.3) is 0 Å². The monoisotopic (exact) mass is 372 g/mol. The molecule has 0 spiro atoms. The van der Waals surface area contributed by atoms with E-state index in [2.05, 4.69) is 76.9 Å². The fraction of sp³-hybridized carbons (Fsp3) is 0.286. The van der Waals surface area contributed by atoms with Crippen LogP contribution in [0.5, 0.6) is 0 Å². The van der Waals surface area contributed by atoms with Crippen molar-refractivity contribution in [2.45, 2.75) is 25.6 Å². The molecule has 0 aliphatic carbocycles. The average molecular weight is 374 g/mol. The van der Waals surface area contributed by atoms with Crippen molar-refractivity contribution in [1.29, 1.82) is 0 Å². The number of halogens is 2. The maximum Gasteiger partial charge on any atom is 0.0743 e. The minimum Gasteiger partial charge on any atom is -0.144 e. The molecule has 0 bridgehead atoms. The summed E-state index contributed by atoms with van der Waals surface area (Å²) in [5, 5.41) is 0. The van der Waals surface area contributed by atoms with Crippen molar-refractivity contribution in [2.24, 2.45) is 0 Å². The van der Waals surface area contributed by atoms with Crippen LogP contribution >= 0.6 is 43.2 Å². The van der Waals surface area contributed by atoms with Crippen LogP contribution in [0.15, 0.2) is 28.7 Å². The zero-order chi connectivity index (χ0) is 12.6.